The number of methoxy groups -OCH3 is 3. The summed E-state index contributed by atoms with van der Waals surface area (Å²) in [7, 11) is 4.65. The summed E-state index contributed by atoms with van der Waals surface area (Å²) in [5.74, 6) is 1.37. The first-order valence-electron chi connectivity index (χ1n) is 10.2. The summed E-state index contributed by atoms with van der Waals surface area (Å²) in [5.41, 5.74) is 5.53. The van der Waals surface area contributed by atoms with Crippen LogP contribution in [0.25, 0.3) is 21.8 Å². The molecule has 172 valence electrons. The predicted octanol–water partition coefficient (Wildman–Crippen LogP) is 3.54. The molecular weight excluding hydrogens is 422 g/mol. The molecule has 0 unspecified atom stereocenters. The van der Waals surface area contributed by atoms with Crippen LogP contribution in [0.2, 0.25) is 0 Å². The number of hydrogen-bond acceptors (Lipinski definition) is 5. The maximum atomic E-state index is 12.4. The molecule has 3 aromatic carbocycles. The molecule has 4 aromatic rings. The lowest BCUT2D eigenvalue weighted by atomic mass is 10.2. The zero-order valence-electron chi connectivity index (χ0n) is 18.8. The average Bonchev–Trinajstić information content (AvgIpc) is 3.15. The predicted molar refractivity (Wildman–Crippen MR) is 130 cm³/mol. The van der Waals surface area contributed by atoms with Crippen LogP contribution >= 0.6 is 0 Å². The number of hydrazone groups is 1. The van der Waals surface area contributed by atoms with Crippen LogP contribution < -0.4 is 19.6 Å². The maximum Gasteiger partial charge on any atom is 0.241 e. The molecule has 1 aromatic heterocycles. The molecule has 0 atom stereocenters. The molecule has 8 heteroatoms. The third-order valence-corrected chi connectivity index (χ3v) is 5.33. The Bertz CT molecular complexity index is 1220. The molecule has 4 rings (SSSR count). The minimum absolute atomic E-state index is 0. The molecule has 0 bridgehead atoms. The molecule has 1 heterocycles. The van der Waals surface area contributed by atoms with Crippen LogP contribution in [0.3, 0.4) is 0 Å². The fraction of sp³-hybridized carbons (Fsp3) is 0.200. The van der Waals surface area contributed by atoms with Crippen LogP contribution in [0.1, 0.15) is 12.0 Å². The van der Waals surface area contributed by atoms with Gasteiger partial charge >= 0.3 is 0 Å². The van der Waals surface area contributed by atoms with Crippen molar-refractivity contribution in [3.63, 3.8) is 0 Å². The first-order valence-corrected chi connectivity index (χ1v) is 10.2. The number of benzene rings is 3. The van der Waals surface area contributed by atoms with E-state index in [2.05, 4.69) is 39.4 Å². The molecule has 0 aliphatic rings. The Labute approximate surface area is 191 Å². The molecule has 3 N–H and O–H groups in total. The van der Waals surface area contributed by atoms with Gasteiger partial charge in [0.15, 0.2) is 11.5 Å². The van der Waals surface area contributed by atoms with Crippen molar-refractivity contribution in [2.75, 3.05) is 21.3 Å². The Hall–Kier alpha value is -4.04. The highest BCUT2D eigenvalue weighted by Gasteiger charge is 2.13. The number of carbonyl (C=O) groups excluding carboxylic acids is 1. The molecule has 0 spiro atoms. The number of ether oxygens (including phenoxy) is 3. The second-order valence-electron chi connectivity index (χ2n) is 7.19. The van der Waals surface area contributed by atoms with Gasteiger partial charge in [0.25, 0.3) is 0 Å². The lowest BCUT2D eigenvalue weighted by Gasteiger charge is -2.12. The normalized spacial score (nSPS) is 10.9. The zero-order valence-corrected chi connectivity index (χ0v) is 18.8. The summed E-state index contributed by atoms with van der Waals surface area (Å²) < 4.78 is 18.2. The molecule has 0 aliphatic carbocycles. The van der Waals surface area contributed by atoms with E-state index < -0.39 is 0 Å². The second-order valence-corrected chi connectivity index (χ2v) is 7.19. The number of nitrogens with zero attached hydrogens (tertiary/aromatic N) is 2. The van der Waals surface area contributed by atoms with Gasteiger partial charge in [0.1, 0.15) is 0 Å². The highest BCUT2D eigenvalue weighted by atomic mass is 16.5. The Morgan fingerprint density at radius 3 is 1.97 bits per heavy atom. The van der Waals surface area contributed by atoms with E-state index in [1.54, 1.807) is 39.7 Å². The molecule has 0 saturated heterocycles. The van der Waals surface area contributed by atoms with E-state index in [0.29, 0.717) is 35.8 Å². The van der Waals surface area contributed by atoms with Gasteiger partial charge in [-0.25, -0.2) is 5.43 Å². The van der Waals surface area contributed by atoms with Crippen molar-refractivity contribution < 1.29 is 24.5 Å². The third-order valence-electron chi connectivity index (χ3n) is 5.33. The summed E-state index contributed by atoms with van der Waals surface area (Å²) in [5, 5.41) is 6.46. The van der Waals surface area contributed by atoms with Gasteiger partial charge in [-0.2, -0.15) is 5.10 Å². The van der Waals surface area contributed by atoms with Crippen molar-refractivity contribution in [3.8, 4) is 17.2 Å². The molecule has 0 radical (unpaired) electrons. The molecule has 1 amide bonds. The lowest BCUT2D eigenvalue weighted by molar-refractivity contribution is -0.121. The zero-order chi connectivity index (χ0) is 22.5. The van der Waals surface area contributed by atoms with Crippen LogP contribution in [0.4, 0.5) is 0 Å². The van der Waals surface area contributed by atoms with Crippen molar-refractivity contribution in [1.82, 2.24) is 9.99 Å². The number of hydrogen-bond donors (Lipinski definition) is 1. The topological polar surface area (TPSA) is 106 Å². The summed E-state index contributed by atoms with van der Waals surface area (Å²) in [4.78, 5) is 12.4. The highest BCUT2D eigenvalue weighted by Crippen LogP contribution is 2.37. The Morgan fingerprint density at radius 2 is 1.45 bits per heavy atom. The Balaban J connectivity index is 0.00000306. The van der Waals surface area contributed by atoms with Gasteiger partial charge in [0.05, 0.1) is 27.5 Å². The van der Waals surface area contributed by atoms with Gasteiger partial charge < -0.3 is 24.3 Å². The quantitative estimate of drug-likeness (QED) is 0.328. The van der Waals surface area contributed by atoms with Crippen LogP contribution in [0, 0.1) is 0 Å². The van der Waals surface area contributed by atoms with Crippen molar-refractivity contribution >= 4 is 33.9 Å². The third kappa shape index (κ3) is 4.75. The number of para-hydroxylation sites is 2. The SMILES string of the molecule is COc1cc(/C=N/NC(=O)CCn2c3ccccc3c3ccccc32)cc(OC)c1OC.O. The molecule has 8 nitrogen and oxygen atoms in total. The van der Waals surface area contributed by atoms with Crippen LogP contribution in [0.15, 0.2) is 65.8 Å². The fourth-order valence-corrected chi connectivity index (χ4v) is 3.87. The van der Waals surface area contributed by atoms with Gasteiger partial charge in [-0.1, -0.05) is 36.4 Å². The summed E-state index contributed by atoms with van der Waals surface area (Å²) >= 11 is 0. The van der Waals surface area contributed by atoms with E-state index in [1.807, 2.05) is 24.3 Å². The van der Waals surface area contributed by atoms with Crippen LogP contribution in [-0.2, 0) is 11.3 Å². The van der Waals surface area contributed by atoms with Crippen molar-refractivity contribution in [2.45, 2.75) is 13.0 Å². The van der Waals surface area contributed by atoms with Crippen LogP contribution in [-0.4, -0.2) is 43.5 Å². The number of nitrogens with one attached hydrogen (secondary N) is 1. The Kier molecular flexibility index (Phi) is 7.53. The number of rotatable bonds is 8. The summed E-state index contributed by atoms with van der Waals surface area (Å²) in [6, 6.07) is 20.0. The second kappa shape index (κ2) is 10.5. The standard InChI is InChI=1S/C25H25N3O4.H2O/c1-30-22-14-17(15-23(31-2)25(22)32-3)16-26-27-24(29)12-13-28-20-10-6-4-8-18(20)19-9-5-7-11-21(19)28;/h4-11,14-16H,12-13H2,1-3H3,(H,27,29);1H2/b26-16+;. The van der Waals surface area contributed by atoms with E-state index in [-0.39, 0.29) is 11.4 Å². The number of aryl methyl sites for hydroxylation is 1. The minimum atomic E-state index is -0.171. The van der Waals surface area contributed by atoms with Crippen molar-refractivity contribution in [1.29, 1.82) is 0 Å². The van der Waals surface area contributed by atoms with E-state index in [0.717, 1.165) is 11.0 Å². The lowest BCUT2D eigenvalue weighted by Crippen LogP contribution is -2.19. The number of carbonyl (C=O) groups is 1. The number of fused-ring (bicyclic) bond motifs is 3. The summed E-state index contributed by atoms with van der Waals surface area (Å²) in [6.45, 7) is 0.555. The van der Waals surface area contributed by atoms with Gasteiger partial charge in [-0.05, 0) is 24.3 Å². The Morgan fingerprint density at radius 1 is 0.909 bits per heavy atom. The fourth-order valence-electron chi connectivity index (χ4n) is 3.87. The number of aromatic nitrogens is 1. The van der Waals surface area contributed by atoms with Gasteiger partial charge in [-0.3, -0.25) is 4.79 Å². The van der Waals surface area contributed by atoms with Gasteiger partial charge in [-0.15, -0.1) is 0 Å². The van der Waals surface area contributed by atoms with Gasteiger partial charge in [0.2, 0.25) is 11.7 Å². The van der Waals surface area contributed by atoms with E-state index in [4.69, 9.17) is 14.2 Å². The summed E-state index contributed by atoms with van der Waals surface area (Å²) in [6.07, 6.45) is 1.85. The maximum absolute atomic E-state index is 12.4. The van der Waals surface area contributed by atoms with Crippen LogP contribution in [0.5, 0.6) is 17.2 Å². The van der Waals surface area contributed by atoms with E-state index >= 15 is 0 Å². The molecule has 0 saturated carbocycles. The van der Waals surface area contributed by atoms with Crippen molar-refractivity contribution in [2.24, 2.45) is 5.10 Å². The first kappa shape index (κ1) is 23.6. The first-order chi connectivity index (χ1) is 15.7. The van der Waals surface area contributed by atoms with Gasteiger partial charge in [0, 0.05) is 40.3 Å². The minimum Gasteiger partial charge on any atom is -0.493 e. The van der Waals surface area contributed by atoms with E-state index in [1.165, 1.54) is 10.8 Å². The van der Waals surface area contributed by atoms with Crippen molar-refractivity contribution in [3.05, 3.63) is 66.2 Å². The van der Waals surface area contributed by atoms with E-state index in [9.17, 15) is 4.79 Å². The molecule has 0 aliphatic heterocycles. The molecule has 0 fully saturated rings. The molecular formula is C25H27N3O5. The monoisotopic (exact) mass is 449 g/mol. The highest BCUT2D eigenvalue weighted by molar-refractivity contribution is 6.08. The smallest absolute Gasteiger partial charge is 0.241 e. The number of amides is 1. The largest absolute Gasteiger partial charge is 0.493 e. The molecule has 33 heavy (non-hydrogen) atoms. The average molecular weight is 450 g/mol.